The minimum Gasteiger partial charge on any atom is -0.475 e. The fourth-order valence-electron chi connectivity index (χ4n) is 2.10. The molecular weight excluding hydrogens is 268 g/mol. The van der Waals surface area contributed by atoms with E-state index < -0.39 is 5.97 Å². The Balaban J connectivity index is 2.05. The third-order valence-corrected chi connectivity index (χ3v) is 3.30. The van der Waals surface area contributed by atoms with Crippen molar-refractivity contribution >= 4 is 5.97 Å². The molecule has 0 radical (unpaired) electrons. The highest BCUT2D eigenvalue weighted by Crippen LogP contribution is 2.21. The SMILES string of the molecule is CC(NC(C)c1ccc(C(=O)O)o1)c1ccc(C#N)cc1. The van der Waals surface area contributed by atoms with Crippen LogP contribution in [-0.2, 0) is 0 Å². The van der Waals surface area contributed by atoms with Crippen molar-refractivity contribution < 1.29 is 14.3 Å². The van der Waals surface area contributed by atoms with Crippen molar-refractivity contribution in [2.45, 2.75) is 25.9 Å². The van der Waals surface area contributed by atoms with E-state index in [1.165, 1.54) is 6.07 Å². The van der Waals surface area contributed by atoms with E-state index in [1.54, 1.807) is 18.2 Å². The summed E-state index contributed by atoms with van der Waals surface area (Å²) in [5.41, 5.74) is 1.67. The van der Waals surface area contributed by atoms with Crippen molar-refractivity contribution in [1.82, 2.24) is 5.32 Å². The summed E-state index contributed by atoms with van der Waals surface area (Å²) in [6.07, 6.45) is 0. The highest BCUT2D eigenvalue weighted by atomic mass is 16.4. The van der Waals surface area contributed by atoms with Gasteiger partial charge in [-0.25, -0.2) is 4.79 Å². The maximum absolute atomic E-state index is 10.8. The summed E-state index contributed by atoms with van der Waals surface area (Å²) >= 11 is 0. The Morgan fingerprint density at radius 3 is 2.38 bits per heavy atom. The number of carboxylic acids is 1. The topological polar surface area (TPSA) is 86.3 Å². The van der Waals surface area contributed by atoms with Crippen LogP contribution in [0, 0.1) is 11.3 Å². The van der Waals surface area contributed by atoms with Gasteiger partial charge >= 0.3 is 5.97 Å². The molecule has 0 fully saturated rings. The summed E-state index contributed by atoms with van der Waals surface area (Å²) in [7, 11) is 0. The third-order valence-electron chi connectivity index (χ3n) is 3.30. The van der Waals surface area contributed by atoms with Crippen LogP contribution in [0.1, 0.15) is 53.4 Å². The van der Waals surface area contributed by atoms with Crippen molar-refractivity contribution in [2.24, 2.45) is 0 Å². The second-order valence-corrected chi connectivity index (χ2v) is 4.85. The van der Waals surface area contributed by atoms with E-state index in [9.17, 15) is 4.79 Å². The number of hydrogen-bond acceptors (Lipinski definition) is 4. The molecule has 108 valence electrons. The molecule has 0 amide bonds. The van der Waals surface area contributed by atoms with E-state index in [2.05, 4.69) is 11.4 Å². The standard InChI is InChI=1S/C16H16N2O3/c1-10(13-5-3-12(9-17)4-6-13)18-11(2)14-7-8-15(21-14)16(19)20/h3-8,10-11,18H,1-2H3,(H,19,20). The molecular formula is C16H16N2O3. The van der Waals surface area contributed by atoms with E-state index in [-0.39, 0.29) is 17.8 Å². The van der Waals surface area contributed by atoms with Gasteiger partial charge in [-0.2, -0.15) is 5.26 Å². The maximum atomic E-state index is 10.8. The molecule has 0 bridgehead atoms. The Morgan fingerprint density at radius 2 is 1.86 bits per heavy atom. The Hall–Kier alpha value is -2.58. The summed E-state index contributed by atoms with van der Waals surface area (Å²) in [5.74, 6) is -0.564. The maximum Gasteiger partial charge on any atom is 0.371 e. The van der Waals surface area contributed by atoms with Crippen molar-refractivity contribution in [3.63, 3.8) is 0 Å². The van der Waals surface area contributed by atoms with Gasteiger partial charge in [-0.3, -0.25) is 0 Å². The molecule has 5 nitrogen and oxygen atoms in total. The molecule has 0 aliphatic heterocycles. The van der Waals surface area contributed by atoms with E-state index in [0.717, 1.165) is 5.56 Å². The number of benzene rings is 1. The molecule has 2 aromatic rings. The predicted octanol–water partition coefficient (Wildman–Crippen LogP) is 3.26. The van der Waals surface area contributed by atoms with Crippen LogP contribution < -0.4 is 5.32 Å². The second-order valence-electron chi connectivity index (χ2n) is 4.85. The van der Waals surface area contributed by atoms with E-state index in [1.807, 2.05) is 26.0 Å². The lowest BCUT2D eigenvalue weighted by molar-refractivity contribution is 0.0659. The number of nitrogens with one attached hydrogen (secondary N) is 1. The molecule has 21 heavy (non-hydrogen) atoms. The summed E-state index contributed by atoms with van der Waals surface area (Å²) in [6.45, 7) is 3.91. The monoisotopic (exact) mass is 284 g/mol. The van der Waals surface area contributed by atoms with Gasteiger partial charge in [0, 0.05) is 6.04 Å². The fraction of sp³-hybridized carbons (Fsp3) is 0.250. The number of rotatable bonds is 5. The Kier molecular flexibility index (Phi) is 4.41. The van der Waals surface area contributed by atoms with Gasteiger partial charge in [0.15, 0.2) is 0 Å². The molecule has 0 saturated heterocycles. The second kappa shape index (κ2) is 6.25. The van der Waals surface area contributed by atoms with Crippen molar-refractivity contribution in [1.29, 1.82) is 5.26 Å². The van der Waals surface area contributed by atoms with Gasteiger partial charge in [0.2, 0.25) is 5.76 Å². The minimum atomic E-state index is -1.08. The Labute approximate surface area is 122 Å². The number of aromatic carboxylic acids is 1. The summed E-state index contributed by atoms with van der Waals surface area (Å²) in [5, 5.41) is 21.0. The molecule has 1 heterocycles. The first-order valence-corrected chi connectivity index (χ1v) is 6.60. The lowest BCUT2D eigenvalue weighted by atomic mass is 10.1. The average molecular weight is 284 g/mol. The van der Waals surface area contributed by atoms with E-state index in [0.29, 0.717) is 11.3 Å². The van der Waals surface area contributed by atoms with Crippen LogP contribution >= 0.6 is 0 Å². The zero-order valence-electron chi connectivity index (χ0n) is 11.8. The normalized spacial score (nSPS) is 13.4. The number of nitriles is 1. The van der Waals surface area contributed by atoms with Gasteiger partial charge in [-0.15, -0.1) is 0 Å². The molecule has 5 heteroatoms. The first-order valence-electron chi connectivity index (χ1n) is 6.60. The lowest BCUT2D eigenvalue weighted by Gasteiger charge is -2.19. The molecule has 2 unspecified atom stereocenters. The minimum absolute atomic E-state index is 0.0473. The molecule has 0 aliphatic rings. The number of carboxylic acid groups (broad SMARTS) is 1. The zero-order chi connectivity index (χ0) is 15.4. The predicted molar refractivity (Wildman–Crippen MR) is 76.8 cm³/mol. The molecule has 2 N–H and O–H groups in total. The third kappa shape index (κ3) is 3.50. The molecule has 2 rings (SSSR count). The first kappa shape index (κ1) is 14.8. The van der Waals surface area contributed by atoms with Gasteiger partial charge in [-0.05, 0) is 43.7 Å². The van der Waals surface area contributed by atoms with Crippen molar-refractivity contribution in [3.05, 3.63) is 59.0 Å². The van der Waals surface area contributed by atoms with Crippen LogP contribution in [0.5, 0.6) is 0 Å². The molecule has 2 atom stereocenters. The molecule has 1 aromatic carbocycles. The largest absolute Gasteiger partial charge is 0.475 e. The summed E-state index contributed by atoms with van der Waals surface area (Å²) in [4.78, 5) is 10.8. The van der Waals surface area contributed by atoms with Crippen LogP contribution in [-0.4, -0.2) is 11.1 Å². The van der Waals surface area contributed by atoms with E-state index in [4.69, 9.17) is 14.8 Å². The lowest BCUT2D eigenvalue weighted by Crippen LogP contribution is -2.22. The van der Waals surface area contributed by atoms with Gasteiger partial charge in [0.25, 0.3) is 0 Å². The average Bonchev–Trinajstić information content (AvgIpc) is 2.97. The Bertz CT molecular complexity index is 668. The number of nitrogens with zero attached hydrogens (tertiary/aromatic N) is 1. The van der Waals surface area contributed by atoms with Crippen molar-refractivity contribution in [3.8, 4) is 6.07 Å². The van der Waals surface area contributed by atoms with Gasteiger partial charge in [0.05, 0.1) is 17.7 Å². The molecule has 0 spiro atoms. The van der Waals surface area contributed by atoms with Crippen LogP contribution in [0.15, 0.2) is 40.8 Å². The highest BCUT2D eigenvalue weighted by molar-refractivity contribution is 5.84. The number of hydrogen-bond donors (Lipinski definition) is 2. The quantitative estimate of drug-likeness (QED) is 0.880. The fourth-order valence-corrected chi connectivity index (χ4v) is 2.10. The summed E-state index contributed by atoms with van der Waals surface area (Å²) in [6, 6.07) is 12.4. The molecule has 0 saturated carbocycles. The van der Waals surface area contributed by atoms with Gasteiger partial charge < -0.3 is 14.8 Å². The van der Waals surface area contributed by atoms with Gasteiger partial charge in [0.1, 0.15) is 5.76 Å². The van der Waals surface area contributed by atoms with Crippen molar-refractivity contribution in [2.75, 3.05) is 0 Å². The highest BCUT2D eigenvalue weighted by Gasteiger charge is 2.16. The Morgan fingerprint density at radius 1 is 1.19 bits per heavy atom. The first-order chi connectivity index (χ1) is 10.0. The molecule has 1 aromatic heterocycles. The van der Waals surface area contributed by atoms with Crippen LogP contribution in [0.25, 0.3) is 0 Å². The van der Waals surface area contributed by atoms with E-state index >= 15 is 0 Å². The number of furan rings is 1. The van der Waals surface area contributed by atoms with Crippen LogP contribution in [0.4, 0.5) is 0 Å². The van der Waals surface area contributed by atoms with Crippen LogP contribution in [0.3, 0.4) is 0 Å². The summed E-state index contributed by atoms with van der Waals surface area (Å²) < 4.78 is 5.28. The number of carbonyl (C=O) groups is 1. The smallest absolute Gasteiger partial charge is 0.371 e. The zero-order valence-corrected chi connectivity index (χ0v) is 11.8. The van der Waals surface area contributed by atoms with Crippen LogP contribution in [0.2, 0.25) is 0 Å². The molecule has 0 aliphatic carbocycles. The van der Waals surface area contributed by atoms with Gasteiger partial charge in [-0.1, -0.05) is 12.1 Å².